The molecule has 1 atom stereocenters. The fraction of sp³-hybridized carbons (Fsp3) is 0.429. The largest absolute Gasteiger partial charge is 0.342 e. The Morgan fingerprint density at radius 1 is 1.25 bits per heavy atom. The maximum atomic E-state index is 13.8. The van der Waals surface area contributed by atoms with Gasteiger partial charge in [-0.05, 0) is 17.5 Å². The Balaban J connectivity index is 2.43. The Bertz CT molecular complexity index is 567. The summed E-state index contributed by atoms with van der Waals surface area (Å²) in [5, 5.41) is 2.59. The van der Waals surface area contributed by atoms with E-state index in [4.69, 9.17) is 0 Å². The van der Waals surface area contributed by atoms with Crippen LogP contribution < -0.4 is 10.2 Å². The molecule has 1 saturated heterocycles. The van der Waals surface area contributed by atoms with E-state index in [1.807, 2.05) is 0 Å². The zero-order valence-electron chi connectivity index (χ0n) is 11.5. The maximum absolute atomic E-state index is 13.8. The molecular weight excluding hydrogens is 266 g/mol. The molecule has 108 valence electrons. The second-order valence-electron chi connectivity index (χ2n) is 5.86. The van der Waals surface area contributed by atoms with Crippen molar-refractivity contribution in [2.24, 2.45) is 5.41 Å². The average molecular weight is 282 g/mol. The van der Waals surface area contributed by atoms with Crippen LogP contribution >= 0.6 is 0 Å². The van der Waals surface area contributed by atoms with Gasteiger partial charge in [-0.2, -0.15) is 0 Å². The first-order valence-corrected chi connectivity index (χ1v) is 6.26. The lowest BCUT2D eigenvalue weighted by Gasteiger charge is -2.38. The molecule has 0 aromatic heterocycles. The molecule has 1 aliphatic rings. The predicted octanol–water partition coefficient (Wildman–Crippen LogP) is 1.84. The molecule has 6 heteroatoms. The van der Waals surface area contributed by atoms with Crippen molar-refractivity contribution in [3.63, 3.8) is 0 Å². The molecule has 1 aliphatic heterocycles. The number of piperazine rings is 1. The van der Waals surface area contributed by atoms with Gasteiger partial charge in [-0.15, -0.1) is 0 Å². The smallest absolute Gasteiger partial charge is 0.250 e. The summed E-state index contributed by atoms with van der Waals surface area (Å²) in [6.45, 7) is 5.07. The summed E-state index contributed by atoms with van der Waals surface area (Å²) >= 11 is 0. The van der Waals surface area contributed by atoms with E-state index < -0.39 is 34.9 Å². The second kappa shape index (κ2) is 4.85. The van der Waals surface area contributed by atoms with Crippen molar-refractivity contribution in [3.8, 4) is 0 Å². The molecule has 0 aliphatic carbocycles. The van der Waals surface area contributed by atoms with Crippen molar-refractivity contribution in [2.45, 2.75) is 26.8 Å². The van der Waals surface area contributed by atoms with Gasteiger partial charge in [0.2, 0.25) is 5.91 Å². The number of anilines is 1. The van der Waals surface area contributed by atoms with Crippen LogP contribution in [-0.4, -0.2) is 24.4 Å². The number of nitrogens with zero attached hydrogens (tertiary/aromatic N) is 1. The second-order valence-corrected chi connectivity index (χ2v) is 5.86. The predicted molar refractivity (Wildman–Crippen MR) is 70.1 cm³/mol. The van der Waals surface area contributed by atoms with Gasteiger partial charge < -0.3 is 5.32 Å². The van der Waals surface area contributed by atoms with Gasteiger partial charge in [-0.25, -0.2) is 8.78 Å². The number of hydrogen-bond acceptors (Lipinski definition) is 2. The van der Waals surface area contributed by atoms with E-state index >= 15 is 0 Å². The van der Waals surface area contributed by atoms with Crippen LogP contribution in [0.25, 0.3) is 0 Å². The van der Waals surface area contributed by atoms with Crippen LogP contribution in [0.2, 0.25) is 0 Å². The van der Waals surface area contributed by atoms with Crippen LogP contribution in [0.5, 0.6) is 0 Å². The first kappa shape index (κ1) is 14.4. The molecule has 4 nitrogen and oxygen atoms in total. The molecule has 1 heterocycles. The van der Waals surface area contributed by atoms with Gasteiger partial charge in [0.05, 0.1) is 5.69 Å². The van der Waals surface area contributed by atoms with Crippen LogP contribution in [0.1, 0.15) is 20.8 Å². The Morgan fingerprint density at radius 2 is 1.90 bits per heavy atom. The lowest BCUT2D eigenvalue weighted by Crippen LogP contribution is -2.62. The van der Waals surface area contributed by atoms with E-state index in [1.54, 1.807) is 20.8 Å². The zero-order valence-corrected chi connectivity index (χ0v) is 11.5. The molecule has 0 saturated carbocycles. The Labute approximate surface area is 115 Å². The summed E-state index contributed by atoms with van der Waals surface area (Å²) in [6.07, 6.45) is 0. The molecule has 20 heavy (non-hydrogen) atoms. The molecule has 1 aromatic rings. The first-order valence-electron chi connectivity index (χ1n) is 6.26. The van der Waals surface area contributed by atoms with E-state index in [2.05, 4.69) is 5.32 Å². The number of rotatable bonds is 1. The summed E-state index contributed by atoms with van der Waals surface area (Å²) in [5.74, 6) is -3.01. The molecule has 0 radical (unpaired) electrons. The fourth-order valence-corrected chi connectivity index (χ4v) is 2.14. The van der Waals surface area contributed by atoms with Gasteiger partial charge in [-0.1, -0.05) is 26.8 Å². The number of amides is 2. The minimum Gasteiger partial charge on any atom is -0.342 e. The molecule has 1 N–H and O–H groups in total. The number of carbonyl (C=O) groups excluding carboxylic acids is 2. The molecule has 2 rings (SSSR count). The number of nitrogens with one attached hydrogen (secondary N) is 1. The van der Waals surface area contributed by atoms with Gasteiger partial charge in [0.25, 0.3) is 5.91 Å². The van der Waals surface area contributed by atoms with E-state index in [9.17, 15) is 18.4 Å². The number of benzene rings is 1. The van der Waals surface area contributed by atoms with Crippen LogP contribution in [0.4, 0.5) is 14.5 Å². The third-order valence-electron chi connectivity index (χ3n) is 3.21. The molecule has 2 amide bonds. The van der Waals surface area contributed by atoms with E-state index in [0.29, 0.717) is 0 Å². The molecule has 1 unspecified atom stereocenters. The molecule has 0 bridgehead atoms. The van der Waals surface area contributed by atoms with Crippen molar-refractivity contribution in [1.82, 2.24) is 5.32 Å². The Morgan fingerprint density at radius 3 is 2.50 bits per heavy atom. The van der Waals surface area contributed by atoms with Crippen LogP contribution in [0.15, 0.2) is 18.2 Å². The molecule has 0 spiro atoms. The van der Waals surface area contributed by atoms with Crippen molar-refractivity contribution >= 4 is 17.5 Å². The average Bonchev–Trinajstić information content (AvgIpc) is 2.34. The Kier molecular flexibility index (Phi) is 3.50. The highest BCUT2D eigenvalue weighted by atomic mass is 19.2. The maximum Gasteiger partial charge on any atom is 0.250 e. The van der Waals surface area contributed by atoms with Crippen LogP contribution in [-0.2, 0) is 9.59 Å². The minimum absolute atomic E-state index is 0.209. The monoisotopic (exact) mass is 282 g/mol. The van der Waals surface area contributed by atoms with Gasteiger partial charge in [0, 0.05) is 0 Å². The van der Waals surface area contributed by atoms with Gasteiger partial charge in [-0.3, -0.25) is 14.5 Å². The third kappa shape index (κ3) is 2.50. The van der Waals surface area contributed by atoms with Gasteiger partial charge in [0.15, 0.2) is 11.6 Å². The molecule has 1 fully saturated rings. The van der Waals surface area contributed by atoms with E-state index in [-0.39, 0.29) is 12.2 Å². The number of carbonyl (C=O) groups is 2. The summed E-state index contributed by atoms with van der Waals surface area (Å²) in [6, 6.07) is 2.79. The number of hydrogen-bond donors (Lipinski definition) is 1. The summed E-state index contributed by atoms with van der Waals surface area (Å²) in [4.78, 5) is 25.1. The minimum atomic E-state index is -1.12. The van der Waals surface area contributed by atoms with Crippen LogP contribution in [0, 0.1) is 17.0 Å². The van der Waals surface area contributed by atoms with E-state index in [0.717, 1.165) is 11.0 Å². The highest BCUT2D eigenvalue weighted by Crippen LogP contribution is 2.28. The van der Waals surface area contributed by atoms with Crippen LogP contribution in [0.3, 0.4) is 0 Å². The third-order valence-corrected chi connectivity index (χ3v) is 3.21. The van der Waals surface area contributed by atoms with Crippen molar-refractivity contribution in [2.75, 3.05) is 11.4 Å². The molecule has 1 aromatic carbocycles. The molecular formula is C14H16F2N2O2. The summed E-state index contributed by atoms with van der Waals surface area (Å²) in [5.41, 5.74) is -0.728. The van der Waals surface area contributed by atoms with E-state index in [1.165, 1.54) is 12.1 Å². The highest BCUT2D eigenvalue weighted by Gasteiger charge is 2.41. The van der Waals surface area contributed by atoms with Crippen molar-refractivity contribution < 1.29 is 18.4 Å². The van der Waals surface area contributed by atoms with Gasteiger partial charge in [0.1, 0.15) is 12.6 Å². The normalized spacial score (nSPS) is 20.1. The summed E-state index contributed by atoms with van der Waals surface area (Å²) < 4.78 is 27.1. The van der Waals surface area contributed by atoms with Crippen molar-refractivity contribution in [3.05, 3.63) is 29.8 Å². The lowest BCUT2D eigenvalue weighted by molar-refractivity contribution is -0.133. The Hall–Kier alpha value is -1.98. The summed E-state index contributed by atoms with van der Waals surface area (Å²) in [7, 11) is 0. The lowest BCUT2D eigenvalue weighted by atomic mass is 9.84. The fourth-order valence-electron chi connectivity index (χ4n) is 2.14. The van der Waals surface area contributed by atoms with Crippen molar-refractivity contribution in [1.29, 1.82) is 0 Å². The quantitative estimate of drug-likeness (QED) is 0.854. The van der Waals surface area contributed by atoms with Gasteiger partial charge >= 0.3 is 0 Å². The zero-order chi connectivity index (χ0) is 15.1. The standard InChI is InChI=1S/C14H16F2N2O2/c1-14(2,3)12-13(20)18(7-10(19)17-12)9-6-4-5-8(15)11(9)16/h4-6,12H,7H2,1-3H3,(H,17,19). The highest BCUT2D eigenvalue weighted by molar-refractivity contribution is 6.07. The topological polar surface area (TPSA) is 49.4 Å². The SMILES string of the molecule is CC(C)(C)C1NC(=O)CN(c2cccc(F)c2F)C1=O. The number of halogens is 2. The first-order chi connectivity index (χ1) is 9.21.